The van der Waals surface area contributed by atoms with Crippen molar-refractivity contribution < 1.29 is 14.3 Å². The Hall–Kier alpha value is -4.04. The van der Waals surface area contributed by atoms with Crippen LogP contribution in [0.2, 0.25) is 0 Å². The monoisotopic (exact) mass is 479 g/mol. The second kappa shape index (κ2) is 10.3. The van der Waals surface area contributed by atoms with Crippen molar-refractivity contribution in [2.75, 3.05) is 16.0 Å². The fourth-order valence-electron chi connectivity index (χ4n) is 2.79. The molecular formula is C23H25N7O3S. The summed E-state index contributed by atoms with van der Waals surface area (Å²) in [5, 5.41) is 18.3. The van der Waals surface area contributed by atoms with Crippen molar-refractivity contribution in [3.8, 4) is 6.07 Å². The highest BCUT2D eigenvalue weighted by molar-refractivity contribution is 7.10. The third-order valence-electron chi connectivity index (χ3n) is 4.37. The number of nitriles is 1. The molecule has 34 heavy (non-hydrogen) atoms. The Morgan fingerprint density at radius 3 is 2.41 bits per heavy atom. The summed E-state index contributed by atoms with van der Waals surface area (Å²) in [6, 6.07) is 8.05. The lowest BCUT2D eigenvalue weighted by atomic mass is 10.2. The molecule has 1 amide bonds. The molecule has 0 saturated carbocycles. The summed E-state index contributed by atoms with van der Waals surface area (Å²) in [6.07, 6.45) is 2.94. The van der Waals surface area contributed by atoms with Crippen LogP contribution in [0.4, 0.5) is 22.3 Å². The summed E-state index contributed by atoms with van der Waals surface area (Å²) in [7, 11) is 0. The Balaban J connectivity index is 1.65. The number of rotatable bonds is 7. The normalized spacial score (nSPS) is 11.8. The van der Waals surface area contributed by atoms with E-state index in [0.29, 0.717) is 39.1 Å². The maximum Gasteiger partial charge on any atom is 0.328 e. The van der Waals surface area contributed by atoms with Gasteiger partial charge in [-0.1, -0.05) is 0 Å². The standard InChI is InChI=1S/C23H25N7O3S/c1-13-19(21(34-30-13)29-18-8-6-15(10-24)11-25-18)20(31)28-16-7-9-17(26-12-16)27-14(2)22(32)33-23(3,4)5/h6-9,11-12,14H,1-5H3,(H,25,29)(H,26,27)(H,28,31)/t14-/m0/s1. The SMILES string of the molecule is Cc1nsc(Nc2ccc(C#N)cn2)c1C(=O)Nc1ccc(N[C@@H](C)C(=O)OC(C)(C)C)nc1. The van der Waals surface area contributed by atoms with Crippen LogP contribution in [0, 0.1) is 18.3 Å². The molecule has 11 heteroatoms. The van der Waals surface area contributed by atoms with Crippen LogP contribution in [0.5, 0.6) is 0 Å². The summed E-state index contributed by atoms with van der Waals surface area (Å²) in [4.78, 5) is 33.5. The van der Waals surface area contributed by atoms with Gasteiger partial charge in [0.05, 0.1) is 28.7 Å². The molecule has 0 aromatic carbocycles. The number of carbonyl (C=O) groups excluding carboxylic acids is 2. The van der Waals surface area contributed by atoms with Crippen LogP contribution in [0.15, 0.2) is 36.7 Å². The molecule has 1 atom stereocenters. The summed E-state index contributed by atoms with van der Waals surface area (Å²) >= 11 is 1.14. The zero-order valence-electron chi connectivity index (χ0n) is 19.5. The van der Waals surface area contributed by atoms with E-state index in [4.69, 9.17) is 10.00 Å². The number of pyridine rings is 2. The number of anilines is 4. The zero-order chi connectivity index (χ0) is 24.9. The lowest BCUT2D eigenvalue weighted by Gasteiger charge is -2.22. The van der Waals surface area contributed by atoms with Crippen LogP contribution in [-0.4, -0.2) is 37.9 Å². The van der Waals surface area contributed by atoms with Crippen molar-refractivity contribution in [1.82, 2.24) is 14.3 Å². The van der Waals surface area contributed by atoms with Crippen LogP contribution < -0.4 is 16.0 Å². The number of carbonyl (C=O) groups is 2. The number of nitrogens with one attached hydrogen (secondary N) is 3. The molecule has 0 unspecified atom stereocenters. The average molecular weight is 480 g/mol. The first-order valence-electron chi connectivity index (χ1n) is 10.4. The van der Waals surface area contributed by atoms with Gasteiger partial charge in [-0.25, -0.2) is 14.8 Å². The van der Waals surface area contributed by atoms with E-state index in [0.717, 1.165) is 11.5 Å². The highest BCUT2D eigenvalue weighted by Crippen LogP contribution is 2.28. The largest absolute Gasteiger partial charge is 0.458 e. The van der Waals surface area contributed by atoms with Gasteiger partial charge in [0.2, 0.25) is 0 Å². The van der Waals surface area contributed by atoms with Crippen molar-refractivity contribution in [3.63, 3.8) is 0 Å². The smallest absolute Gasteiger partial charge is 0.328 e. The molecule has 176 valence electrons. The number of hydrogen-bond acceptors (Lipinski definition) is 10. The Labute approximate surface area is 201 Å². The topological polar surface area (TPSA) is 142 Å². The first-order chi connectivity index (χ1) is 16.1. The van der Waals surface area contributed by atoms with Crippen molar-refractivity contribution in [3.05, 3.63) is 53.5 Å². The van der Waals surface area contributed by atoms with Gasteiger partial charge in [-0.15, -0.1) is 0 Å². The van der Waals surface area contributed by atoms with E-state index in [2.05, 4.69) is 30.3 Å². The Bertz CT molecular complexity index is 1210. The minimum Gasteiger partial charge on any atom is -0.458 e. The summed E-state index contributed by atoms with van der Waals surface area (Å²) in [5.74, 6) is 0.225. The van der Waals surface area contributed by atoms with Gasteiger partial charge in [-0.05, 0) is 70.4 Å². The van der Waals surface area contributed by atoms with E-state index in [1.165, 1.54) is 12.4 Å². The van der Waals surface area contributed by atoms with Crippen LogP contribution in [0.3, 0.4) is 0 Å². The van der Waals surface area contributed by atoms with E-state index >= 15 is 0 Å². The van der Waals surface area contributed by atoms with Crippen LogP contribution >= 0.6 is 11.5 Å². The third-order valence-corrected chi connectivity index (χ3v) is 5.22. The number of esters is 1. The molecule has 3 rings (SSSR count). The maximum absolute atomic E-state index is 12.9. The van der Waals surface area contributed by atoms with Gasteiger partial charge in [0.1, 0.15) is 34.3 Å². The molecule has 3 aromatic heterocycles. The Morgan fingerprint density at radius 1 is 1.12 bits per heavy atom. The van der Waals surface area contributed by atoms with Gasteiger partial charge in [0.15, 0.2) is 0 Å². The molecule has 0 fully saturated rings. The lowest BCUT2D eigenvalue weighted by Crippen LogP contribution is -2.34. The molecule has 0 saturated heterocycles. The van der Waals surface area contributed by atoms with Gasteiger partial charge in [-0.3, -0.25) is 4.79 Å². The molecular weight excluding hydrogens is 454 g/mol. The Morgan fingerprint density at radius 2 is 1.82 bits per heavy atom. The molecule has 3 aromatic rings. The van der Waals surface area contributed by atoms with E-state index in [1.807, 2.05) is 6.07 Å². The number of ether oxygens (including phenoxy) is 1. The lowest BCUT2D eigenvalue weighted by molar-refractivity contribution is -0.155. The second-order valence-electron chi connectivity index (χ2n) is 8.43. The summed E-state index contributed by atoms with van der Waals surface area (Å²) in [6.45, 7) is 8.85. The van der Waals surface area contributed by atoms with E-state index in [1.54, 1.807) is 58.9 Å². The fourth-order valence-corrected chi connectivity index (χ4v) is 3.59. The molecule has 10 nitrogen and oxygen atoms in total. The molecule has 0 aliphatic rings. The fraction of sp³-hybridized carbons (Fsp3) is 0.304. The maximum atomic E-state index is 12.9. The number of amides is 1. The van der Waals surface area contributed by atoms with Gasteiger partial charge in [-0.2, -0.15) is 9.64 Å². The van der Waals surface area contributed by atoms with Crippen molar-refractivity contribution in [2.24, 2.45) is 0 Å². The molecule has 0 aliphatic carbocycles. The molecule has 0 aliphatic heterocycles. The predicted octanol–water partition coefficient (Wildman–Crippen LogP) is 4.25. The summed E-state index contributed by atoms with van der Waals surface area (Å²) in [5.41, 5.74) is 1.30. The van der Waals surface area contributed by atoms with Crippen molar-refractivity contribution in [1.29, 1.82) is 5.26 Å². The van der Waals surface area contributed by atoms with Gasteiger partial charge < -0.3 is 20.7 Å². The first-order valence-corrected chi connectivity index (χ1v) is 11.2. The summed E-state index contributed by atoms with van der Waals surface area (Å²) < 4.78 is 9.62. The number of nitrogens with zero attached hydrogens (tertiary/aromatic N) is 4. The number of hydrogen-bond donors (Lipinski definition) is 3. The average Bonchev–Trinajstić information content (AvgIpc) is 3.14. The van der Waals surface area contributed by atoms with Gasteiger partial charge >= 0.3 is 5.97 Å². The predicted molar refractivity (Wildman–Crippen MR) is 130 cm³/mol. The quantitative estimate of drug-likeness (QED) is 0.424. The van der Waals surface area contributed by atoms with Crippen LogP contribution in [-0.2, 0) is 9.53 Å². The zero-order valence-corrected chi connectivity index (χ0v) is 20.3. The Kier molecular flexibility index (Phi) is 7.43. The molecule has 3 heterocycles. The van der Waals surface area contributed by atoms with E-state index in [9.17, 15) is 9.59 Å². The van der Waals surface area contributed by atoms with Gasteiger partial charge in [0, 0.05) is 6.20 Å². The number of aromatic nitrogens is 3. The minimum absolute atomic E-state index is 0.355. The molecule has 3 N–H and O–H groups in total. The van der Waals surface area contributed by atoms with Crippen LogP contribution in [0.1, 0.15) is 49.3 Å². The molecule has 0 radical (unpaired) electrons. The third kappa shape index (κ3) is 6.49. The highest BCUT2D eigenvalue weighted by atomic mass is 32.1. The van der Waals surface area contributed by atoms with Crippen molar-refractivity contribution in [2.45, 2.75) is 46.3 Å². The van der Waals surface area contributed by atoms with Gasteiger partial charge in [0.25, 0.3) is 5.91 Å². The van der Waals surface area contributed by atoms with E-state index in [-0.39, 0.29) is 11.9 Å². The first kappa shape index (κ1) is 24.6. The number of aryl methyl sites for hydroxylation is 1. The highest BCUT2D eigenvalue weighted by Gasteiger charge is 2.22. The van der Waals surface area contributed by atoms with Crippen LogP contribution in [0.25, 0.3) is 0 Å². The molecule has 0 bridgehead atoms. The van der Waals surface area contributed by atoms with Crippen molar-refractivity contribution >= 4 is 45.7 Å². The molecule has 0 spiro atoms. The second-order valence-corrected chi connectivity index (χ2v) is 9.20. The van der Waals surface area contributed by atoms with E-state index < -0.39 is 11.6 Å². The minimum atomic E-state index is -0.587.